The molecule has 1 aliphatic carbocycles. The zero-order chi connectivity index (χ0) is 21.8. The zero-order valence-corrected chi connectivity index (χ0v) is 18.1. The molecule has 31 heavy (non-hydrogen) atoms. The molecule has 6 heteroatoms. The van der Waals surface area contributed by atoms with Gasteiger partial charge >= 0.3 is 5.97 Å². The van der Waals surface area contributed by atoms with Crippen LogP contribution in [0.3, 0.4) is 0 Å². The van der Waals surface area contributed by atoms with Gasteiger partial charge in [0.15, 0.2) is 0 Å². The van der Waals surface area contributed by atoms with Crippen molar-refractivity contribution < 1.29 is 14.7 Å². The Morgan fingerprint density at radius 3 is 2.39 bits per heavy atom. The summed E-state index contributed by atoms with van der Waals surface area (Å²) in [5.41, 5.74) is 7.81. The van der Waals surface area contributed by atoms with Gasteiger partial charge in [0.1, 0.15) is 0 Å². The van der Waals surface area contributed by atoms with Crippen LogP contribution in [0.4, 0.5) is 5.69 Å². The number of carboxylic acid groups (broad SMARTS) is 1. The second-order valence-electron chi connectivity index (χ2n) is 9.22. The van der Waals surface area contributed by atoms with E-state index in [1.54, 1.807) is 0 Å². The van der Waals surface area contributed by atoms with Crippen molar-refractivity contribution in [2.45, 2.75) is 44.6 Å². The minimum absolute atomic E-state index is 0.163. The molecule has 0 radical (unpaired) electrons. The topological polar surface area (TPSA) is 72.9 Å². The monoisotopic (exact) mass is 419 g/mol. The number of fused-ring (bicyclic) bond motifs is 1. The first-order valence-electron chi connectivity index (χ1n) is 11.1. The maximum atomic E-state index is 12.5. The number of hydrogen-bond acceptors (Lipinski definition) is 4. The summed E-state index contributed by atoms with van der Waals surface area (Å²) in [5, 5.41) is 12.3. The lowest BCUT2D eigenvalue weighted by Crippen LogP contribution is -2.42. The molecule has 0 unspecified atom stereocenters. The molecule has 6 nitrogen and oxygen atoms in total. The van der Waals surface area contributed by atoms with Gasteiger partial charge in [-0.05, 0) is 53.0 Å². The predicted octanol–water partition coefficient (Wildman–Crippen LogP) is 3.55. The molecule has 0 aromatic heterocycles. The number of nitrogens with zero attached hydrogens (tertiary/aromatic N) is 2. The van der Waals surface area contributed by atoms with Gasteiger partial charge in [-0.15, -0.1) is 0 Å². The van der Waals surface area contributed by atoms with E-state index in [1.807, 2.05) is 48.1 Å². The molecular weight excluding hydrogens is 390 g/mol. The fourth-order valence-electron chi connectivity index (χ4n) is 5.75. The van der Waals surface area contributed by atoms with E-state index in [2.05, 4.69) is 23.6 Å². The number of carbonyl (C=O) groups is 2. The van der Waals surface area contributed by atoms with Crippen LogP contribution in [-0.2, 0) is 21.5 Å². The molecule has 3 aliphatic rings. The van der Waals surface area contributed by atoms with Crippen molar-refractivity contribution in [2.24, 2.45) is 5.41 Å². The van der Waals surface area contributed by atoms with E-state index in [4.69, 9.17) is 0 Å². The molecule has 2 aromatic rings. The highest BCUT2D eigenvalue weighted by Crippen LogP contribution is 2.69. The number of piperidine rings is 1. The Bertz CT molecular complexity index is 1040. The predicted molar refractivity (Wildman–Crippen MR) is 120 cm³/mol. The molecule has 0 bridgehead atoms. The fourth-order valence-corrected chi connectivity index (χ4v) is 5.75. The normalized spacial score (nSPS) is 23.7. The van der Waals surface area contributed by atoms with E-state index < -0.39 is 11.4 Å². The number of aliphatic carboxylic acids is 1. The lowest BCUT2D eigenvalue weighted by atomic mass is 9.79. The van der Waals surface area contributed by atoms with Crippen LogP contribution >= 0.6 is 0 Å². The Morgan fingerprint density at radius 2 is 1.74 bits per heavy atom. The molecular formula is C25H29N3O3. The average molecular weight is 420 g/mol. The van der Waals surface area contributed by atoms with Crippen LogP contribution in [0.5, 0.6) is 0 Å². The number of amides is 1. The summed E-state index contributed by atoms with van der Waals surface area (Å²) < 4.78 is 0. The number of rotatable bonds is 4. The van der Waals surface area contributed by atoms with Crippen molar-refractivity contribution in [3.05, 3.63) is 53.6 Å². The summed E-state index contributed by atoms with van der Waals surface area (Å²) in [6.07, 6.45) is 2.69. The standard InChI is InChI=1S/C25H29N3O3/c1-3-22(29)28-12-10-24(11-13-28)16-25(24,23(30)31)20-8-6-17(7-9-20)18-4-5-19-15-26-27(2)21(19)14-18/h4-9,14,26H,3,10-13,15-16H2,1-2H3,(H,30,31)/t25-/m0/s1. The van der Waals surface area contributed by atoms with Gasteiger partial charge in [0.05, 0.1) is 11.1 Å². The van der Waals surface area contributed by atoms with E-state index in [9.17, 15) is 14.7 Å². The molecule has 5 rings (SSSR count). The number of carboxylic acids is 1. The van der Waals surface area contributed by atoms with Gasteiger partial charge in [0.2, 0.25) is 5.91 Å². The third kappa shape index (κ3) is 2.96. The minimum atomic E-state index is -0.824. The summed E-state index contributed by atoms with van der Waals surface area (Å²) >= 11 is 0. The molecule has 2 aliphatic heterocycles. The molecule has 2 heterocycles. The smallest absolute Gasteiger partial charge is 0.314 e. The Hall–Kier alpha value is -2.86. The first kappa shape index (κ1) is 20.1. The molecule has 1 saturated carbocycles. The third-order valence-corrected chi connectivity index (χ3v) is 7.79. The molecule has 1 atom stereocenters. The number of carbonyl (C=O) groups excluding carboxylic acids is 1. The Kier molecular flexibility index (Phi) is 4.59. The lowest BCUT2D eigenvalue weighted by molar-refractivity contribution is -0.141. The van der Waals surface area contributed by atoms with E-state index in [1.165, 1.54) is 11.3 Å². The number of benzene rings is 2. The van der Waals surface area contributed by atoms with Crippen molar-refractivity contribution in [2.75, 3.05) is 25.1 Å². The maximum absolute atomic E-state index is 12.5. The van der Waals surface area contributed by atoms with Gasteiger partial charge in [-0.25, -0.2) is 5.43 Å². The van der Waals surface area contributed by atoms with E-state index in [0.717, 1.165) is 36.1 Å². The first-order chi connectivity index (χ1) is 14.9. The van der Waals surface area contributed by atoms with Crippen LogP contribution in [0.25, 0.3) is 11.1 Å². The Morgan fingerprint density at radius 1 is 1.06 bits per heavy atom. The van der Waals surface area contributed by atoms with Crippen LogP contribution in [-0.4, -0.2) is 42.0 Å². The van der Waals surface area contributed by atoms with E-state index in [-0.39, 0.29) is 11.3 Å². The highest BCUT2D eigenvalue weighted by atomic mass is 16.4. The molecule has 1 amide bonds. The van der Waals surface area contributed by atoms with Crippen LogP contribution in [0.15, 0.2) is 42.5 Å². The summed E-state index contributed by atoms with van der Waals surface area (Å²) in [4.78, 5) is 26.4. The summed E-state index contributed by atoms with van der Waals surface area (Å²) in [6, 6.07) is 14.5. The van der Waals surface area contributed by atoms with Gasteiger partial charge in [0.25, 0.3) is 0 Å². The van der Waals surface area contributed by atoms with Crippen molar-refractivity contribution >= 4 is 17.6 Å². The van der Waals surface area contributed by atoms with Crippen molar-refractivity contribution in [3.63, 3.8) is 0 Å². The summed E-state index contributed by atoms with van der Waals surface area (Å²) in [5.74, 6) is -0.572. The van der Waals surface area contributed by atoms with Crippen molar-refractivity contribution in [1.82, 2.24) is 10.3 Å². The number of likely N-dealkylation sites (tertiary alicyclic amines) is 1. The van der Waals surface area contributed by atoms with Gasteiger partial charge < -0.3 is 15.0 Å². The second-order valence-corrected chi connectivity index (χ2v) is 9.22. The Labute approximate surface area is 182 Å². The third-order valence-electron chi connectivity index (χ3n) is 7.79. The van der Waals surface area contributed by atoms with Crippen molar-refractivity contribution in [3.8, 4) is 11.1 Å². The quantitative estimate of drug-likeness (QED) is 0.793. The van der Waals surface area contributed by atoms with Crippen LogP contribution in [0.1, 0.15) is 43.7 Å². The molecule has 1 spiro atoms. The molecule has 2 N–H and O–H groups in total. The van der Waals surface area contributed by atoms with Crippen LogP contribution in [0.2, 0.25) is 0 Å². The lowest BCUT2D eigenvalue weighted by Gasteiger charge is -2.34. The number of hydrazine groups is 1. The number of nitrogens with one attached hydrogen (secondary N) is 1. The van der Waals surface area contributed by atoms with Gasteiger partial charge in [0, 0.05) is 33.1 Å². The average Bonchev–Trinajstić information content (AvgIpc) is 3.31. The number of anilines is 1. The molecule has 1 saturated heterocycles. The molecule has 2 fully saturated rings. The van der Waals surface area contributed by atoms with Gasteiger partial charge in [-0.3, -0.25) is 9.59 Å². The van der Waals surface area contributed by atoms with Gasteiger partial charge in [-0.1, -0.05) is 43.3 Å². The first-order valence-corrected chi connectivity index (χ1v) is 11.1. The van der Waals surface area contributed by atoms with E-state index >= 15 is 0 Å². The highest BCUT2D eigenvalue weighted by molar-refractivity contribution is 5.88. The van der Waals surface area contributed by atoms with Gasteiger partial charge in [-0.2, -0.15) is 0 Å². The number of hydrogen-bond donors (Lipinski definition) is 2. The van der Waals surface area contributed by atoms with Crippen LogP contribution in [0, 0.1) is 5.41 Å². The SMILES string of the molecule is CCC(=O)N1CCC2(CC1)C[C@@]2(C(=O)O)c1ccc(-c2ccc3c(c2)N(C)NC3)cc1. The molecule has 162 valence electrons. The largest absolute Gasteiger partial charge is 0.481 e. The maximum Gasteiger partial charge on any atom is 0.314 e. The van der Waals surface area contributed by atoms with Crippen molar-refractivity contribution in [1.29, 1.82) is 0 Å². The van der Waals surface area contributed by atoms with Crippen LogP contribution < -0.4 is 10.4 Å². The zero-order valence-electron chi connectivity index (χ0n) is 18.1. The highest BCUT2D eigenvalue weighted by Gasteiger charge is 2.72. The Balaban J connectivity index is 1.39. The fraction of sp³-hybridized carbons (Fsp3) is 0.440. The van der Waals surface area contributed by atoms with E-state index in [0.29, 0.717) is 25.9 Å². The summed E-state index contributed by atoms with van der Waals surface area (Å²) in [6.45, 7) is 4.05. The second kappa shape index (κ2) is 7.09. The molecule has 2 aromatic carbocycles. The summed E-state index contributed by atoms with van der Waals surface area (Å²) in [7, 11) is 2.02. The minimum Gasteiger partial charge on any atom is -0.481 e.